The lowest BCUT2D eigenvalue weighted by Crippen LogP contribution is -2.35. The SMILES string of the molecule is Cc1cc2c(NCc3ccc(C(=O)N4CCCCC4)cc3)ncnc2s1. The van der Waals surface area contributed by atoms with Crippen molar-refractivity contribution in [2.75, 3.05) is 18.4 Å². The standard InChI is InChI=1S/C20H22N4OS/c1-14-11-17-18(22-13-23-19(17)26-14)21-12-15-5-7-16(8-6-15)20(25)24-9-3-2-4-10-24/h5-8,11,13H,2-4,9-10,12H2,1H3,(H,21,22,23). The van der Waals surface area contributed by atoms with Crippen molar-refractivity contribution in [3.8, 4) is 0 Å². The number of anilines is 1. The molecular formula is C20H22N4OS. The average Bonchev–Trinajstić information content (AvgIpc) is 3.07. The molecule has 2 aromatic heterocycles. The van der Waals surface area contributed by atoms with Gasteiger partial charge in [-0.1, -0.05) is 12.1 Å². The molecule has 3 aromatic rings. The summed E-state index contributed by atoms with van der Waals surface area (Å²) in [6.45, 7) is 4.51. The highest BCUT2D eigenvalue weighted by atomic mass is 32.1. The minimum absolute atomic E-state index is 0.149. The minimum atomic E-state index is 0.149. The summed E-state index contributed by atoms with van der Waals surface area (Å²) in [5.41, 5.74) is 1.90. The number of rotatable bonds is 4. The molecule has 1 amide bonds. The van der Waals surface area contributed by atoms with E-state index in [-0.39, 0.29) is 5.91 Å². The lowest BCUT2D eigenvalue weighted by molar-refractivity contribution is 0.0724. The Morgan fingerprint density at radius 2 is 1.92 bits per heavy atom. The van der Waals surface area contributed by atoms with E-state index in [1.807, 2.05) is 29.2 Å². The maximum atomic E-state index is 12.5. The van der Waals surface area contributed by atoms with Crippen LogP contribution in [0.15, 0.2) is 36.7 Å². The van der Waals surface area contributed by atoms with Crippen LogP contribution in [0.1, 0.15) is 40.1 Å². The first-order valence-electron chi connectivity index (χ1n) is 9.04. The average molecular weight is 366 g/mol. The highest BCUT2D eigenvalue weighted by molar-refractivity contribution is 7.18. The number of piperidine rings is 1. The number of carbonyl (C=O) groups excluding carboxylic acids is 1. The molecule has 6 heteroatoms. The van der Waals surface area contributed by atoms with Crippen LogP contribution >= 0.6 is 11.3 Å². The fourth-order valence-electron chi connectivity index (χ4n) is 3.35. The molecule has 1 aliphatic rings. The van der Waals surface area contributed by atoms with Crippen LogP contribution in [0.5, 0.6) is 0 Å². The van der Waals surface area contributed by atoms with Gasteiger partial charge in [0.2, 0.25) is 0 Å². The van der Waals surface area contributed by atoms with E-state index in [4.69, 9.17) is 0 Å². The number of aryl methyl sites for hydroxylation is 1. The third-order valence-corrected chi connectivity index (χ3v) is 5.72. The molecule has 1 fully saturated rings. The van der Waals surface area contributed by atoms with Gasteiger partial charge in [-0.05, 0) is 49.9 Å². The number of hydrogen-bond donors (Lipinski definition) is 1. The fourth-order valence-corrected chi connectivity index (χ4v) is 4.19. The number of thiophene rings is 1. The van der Waals surface area contributed by atoms with Gasteiger partial charge in [-0.2, -0.15) is 0 Å². The van der Waals surface area contributed by atoms with Crippen molar-refractivity contribution in [3.63, 3.8) is 0 Å². The summed E-state index contributed by atoms with van der Waals surface area (Å²) in [6.07, 6.45) is 5.06. The van der Waals surface area contributed by atoms with E-state index in [2.05, 4.69) is 28.3 Å². The molecule has 0 atom stereocenters. The Morgan fingerprint density at radius 3 is 2.69 bits per heavy atom. The maximum absolute atomic E-state index is 12.5. The van der Waals surface area contributed by atoms with E-state index in [0.717, 1.165) is 53.1 Å². The van der Waals surface area contributed by atoms with Gasteiger partial charge in [0.25, 0.3) is 5.91 Å². The first-order chi connectivity index (χ1) is 12.7. The van der Waals surface area contributed by atoms with Gasteiger partial charge in [0.05, 0.1) is 5.39 Å². The zero-order valence-corrected chi connectivity index (χ0v) is 15.7. The molecular weight excluding hydrogens is 344 g/mol. The largest absolute Gasteiger partial charge is 0.365 e. The molecule has 1 saturated heterocycles. The first-order valence-corrected chi connectivity index (χ1v) is 9.85. The molecule has 0 radical (unpaired) electrons. The Kier molecular flexibility index (Phi) is 4.84. The van der Waals surface area contributed by atoms with Crippen LogP contribution in [-0.4, -0.2) is 33.9 Å². The summed E-state index contributed by atoms with van der Waals surface area (Å²) in [7, 11) is 0. The van der Waals surface area contributed by atoms with Crippen molar-refractivity contribution in [2.45, 2.75) is 32.7 Å². The topological polar surface area (TPSA) is 58.1 Å². The molecule has 1 aromatic carbocycles. The number of carbonyl (C=O) groups is 1. The van der Waals surface area contributed by atoms with Gasteiger partial charge < -0.3 is 10.2 Å². The highest BCUT2D eigenvalue weighted by Gasteiger charge is 2.17. The second-order valence-corrected chi connectivity index (χ2v) is 7.94. The van der Waals surface area contributed by atoms with E-state index < -0.39 is 0 Å². The summed E-state index contributed by atoms with van der Waals surface area (Å²) < 4.78 is 0. The molecule has 0 unspecified atom stereocenters. The number of likely N-dealkylation sites (tertiary alicyclic amines) is 1. The van der Waals surface area contributed by atoms with Crippen LogP contribution in [0.25, 0.3) is 10.2 Å². The fraction of sp³-hybridized carbons (Fsp3) is 0.350. The van der Waals surface area contributed by atoms with Crippen LogP contribution < -0.4 is 5.32 Å². The highest BCUT2D eigenvalue weighted by Crippen LogP contribution is 2.27. The number of hydrogen-bond acceptors (Lipinski definition) is 5. The molecule has 5 nitrogen and oxygen atoms in total. The van der Waals surface area contributed by atoms with Crippen molar-refractivity contribution in [1.29, 1.82) is 0 Å². The molecule has 3 heterocycles. The molecule has 0 saturated carbocycles. The predicted octanol–water partition coefficient (Wildman–Crippen LogP) is 4.24. The molecule has 1 N–H and O–H groups in total. The lowest BCUT2D eigenvalue weighted by Gasteiger charge is -2.26. The number of nitrogens with one attached hydrogen (secondary N) is 1. The van der Waals surface area contributed by atoms with E-state index in [1.165, 1.54) is 11.3 Å². The van der Waals surface area contributed by atoms with Crippen LogP contribution in [-0.2, 0) is 6.54 Å². The van der Waals surface area contributed by atoms with Crippen LogP contribution in [0.3, 0.4) is 0 Å². The molecule has 1 aliphatic heterocycles. The van der Waals surface area contributed by atoms with Gasteiger partial charge >= 0.3 is 0 Å². The maximum Gasteiger partial charge on any atom is 0.253 e. The third kappa shape index (κ3) is 3.55. The molecule has 26 heavy (non-hydrogen) atoms. The van der Waals surface area contributed by atoms with E-state index in [9.17, 15) is 4.79 Å². The third-order valence-electron chi connectivity index (χ3n) is 4.76. The number of fused-ring (bicyclic) bond motifs is 1. The molecule has 0 bridgehead atoms. The van der Waals surface area contributed by atoms with Gasteiger partial charge in [0.1, 0.15) is 17.0 Å². The van der Waals surface area contributed by atoms with Crippen molar-refractivity contribution in [1.82, 2.24) is 14.9 Å². The van der Waals surface area contributed by atoms with E-state index in [1.54, 1.807) is 17.7 Å². The Bertz CT molecular complexity index is 913. The van der Waals surface area contributed by atoms with Gasteiger partial charge in [-0.3, -0.25) is 4.79 Å². The molecule has 0 spiro atoms. The summed E-state index contributed by atoms with van der Waals surface area (Å²) >= 11 is 1.67. The minimum Gasteiger partial charge on any atom is -0.365 e. The zero-order valence-electron chi connectivity index (χ0n) is 14.9. The Hall–Kier alpha value is -2.47. The van der Waals surface area contributed by atoms with Gasteiger partial charge in [0.15, 0.2) is 0 Å². The summed E-state index contributed by atoms with van der Waals surface area (Å²) in [5.74, 6) is 1.00. The van der Waals surface area contributed by atoms with Crippen molar-refractivity contribution in [2.24, 2.45) is 0 Å². The lowest BCUT2D eigenvalue weighted by atomic mass is 10.1. The van der Waals surface area contributed by atoms with Crippen molar-refractivity contribution in [3.05, 3.63) is 52.7 Å². The first kappa shape index (κ1) is 17.0. The van der Waals surface area contributed by atoms with Gasteiger partial charge in [0, 0.05) is 30.1 Å². The number of amides is 1. The summed E-state index contributed by atoms with van der Waals surface area (Å²) in [5, 5.41) is 4.45. The summed E-state index contributed by atoms with van der Waals surface area (Å²) in [4.78, 5) is 25.4. The van der Waals surface area contributed by atoms with Crippen LogP contribution in [0, 0.1) is 6.92 Å². The number of benzene rings is 1. The van der Waals surface area contributed by atoms with Crippen molar-refractivity contribution >= 4 is 33.3 Å². The van der Waals surface area contributed by atoms with E-state index >= 15 is 0 Å². The second-order valence-electron chi connectivity index (χ2n) is 6.70. The monoisotopic (exact) mass is 366 g/mol. The molecule has 134 valence electrons. The second kappa shape index (κ2) is 7.41. The molecule has 0 aliphatic carbocycles. The molecule has 4 rings (SSSR count). The van der Waals surface area contributed by atoms with Gasteiger partial charge in [-0.15, -0.1) is 11.3 Å². The normalized spacial score (nSPS) is 14.6. The van der Waals surface area contributed by atoms with Crippen LogP contribution in [0.4, 0.5) is 5.82 Å². The number of nitrogens with zero attached hydrogens (tertiary/aromatic N) is 3. The van der Waals surface area contributed by atoms with Crippen molar-refractivity contribution < 1.29 is 4.79 Å². The Morgan fingerprint density at radius 1 is 1.15 bits per heavy atom. The quantitative estimate of drug-likeness (QED) is 0.750. The predicted molar refractivity (Wildman–Crippen MR) is 106 cm³/mol. The van der Waals surface area contributed by atoms with Gasteiger partial charge in [-0.25, -0.2) is 9.97 Å². The Balaban J connectivity index is 1.43. The smallest absolute Gasteiger partial charge is 0.253 e. The number of aromatic nitrogens is 2. The van der Waals surface area contributed by atoms with Crippen LogP contribution in [0.2, 0.25) is 0 Å². The summed E-state index contributed by atoms with van der Waals surface area (Å²) in [6, 6.07) is 10.0. The Labute approximate surface area is 157 Å². The van der Waals surface area contributed by atoms with E-state index in [0.29, 0.717) is 6.54 Å². The zero-order chi connectivity index (χ0) is 17.9.